The molecule has 1 atom stereocenters. The van der Waals surface area contributed by atoms with E-state index in [0.29, 0.717) is 18.1 Å². The van der Waals surface area contributed by atoms with Gasteiger partial charge in [0, 0.05) is 6.61 Å². The van der Waals surface area contributed by atoms with E-state index in [9.17, 15) is 9.59 Å². The number of carbonyl (C=O) groups is 2. The third-order valence-corrected chi connectivity index (χ3v) is 3.12. The van der Waals surface area contributed by atoms with Crippen LogP contribution in [0.4, 0.5) is 4.79 Å². The van der Waals surface area contributed by atoms with Crippen LogP contribution in [0.2, 0.25) is 0 Å². The highest BCUT2D eigenvalue weighted by atomic mass is 16.5. The minimum atomic E-state index is -1.04. The van der Waals surface area contributed by atoms with E-state index in [1.807, 2.05) is 0 Å². The van der Waals surface area contributed by atoms with Crippen molar-refractivity contribution in [2.75, 3.05) is 13.2 Å². The van der Waals surface area contributed by atoms with Gasteiger partial charge < -0.3 is 24.9 Å². The summed E-state index contributed by atoms with van der Waals surface area (Å²) in [6, 6.07) is 1.13. The Bertz CT molecular complexity index is 491. The van der Waals surface area contributed by atoms with Crippen LogP contribution in [0, 0.1) is 6.92 Å². The van der Waals surface area contributed by atoms with E-state index in [2.05, 4.69) is 10.6 Å². The molecule has 0 spiro atoms. The lowest BCUT2D eigenvalue weighted by molar-refractivity contribution is 0.0695. The Morgan fingerprint density at radius 1 is 1.50 bits per heavy atom. The van der Waals surface area contributed by atoms with Gasteiger partial charge >= 0.3 is 12.0 Å². The van der Waals surface area contributed by atoms with Gasteiger partial charge in [0.05, 0.1) is 19.2 Å². The molecule has 1 aromatic heterocycles. The van der Waals surface area contributed by atoms with Crippen molar-refractivity contribution in [2.45, 2.75) is 32.4 Å². The van der Waals surface area contributed by atoms with Gasteiger partial charge in [-0.2, -0.15) is 0 Å². The number of carboxylic acids is 1. The van der Waals surface area contributed by atoms with Crippen molar-refractivity contribution in [1.29, 1.82) is 0 Å². The third-order valence-electron chi connectivity index (χ3n) is 3.12. The minimum absolute atomic E-state index is 0.0247. The van der Waals surface area contributed by atoms with Gasteiger partial charge in [0.2, 0.25) is 0 Å². The molecular formula is C13H18N2O5. The van der Waals surface area contributed by atoms with Gasteiger partial charge in [-0.3, -0.25) is 0 Å². The van der Waals surface area contributed by atoms with E-state index < -0.39 is 5.97 Å². The number of aromatic carboxylic acids is 1. The van der Waals surface area contributed by atoms with Gasteiger partial charge in [-0.15, -0.1) is 0 Å². The zero-order valence-corrected chi connectivity index (χ0v) is 11.3. The monoisotopic (exact) mass is 282 g/mol. The van der Waals surface area contributed by atoms with Crippen LogP contribution in [0.5, 0.6) is 0 Å². The number of hydrogen-bond acceptors (Lipinski definition) is 4. The number of carboxylic acid groups (broad SMARTS) is 1. The molecule has 1 unspecified atom stereocenters. The molecule has 0 aromatic carbocycles. The number of amides is 2. The molecule has 1 aliphatic heterocycles. The van der Waals surface area contributed by atoms with E-state index in [1.54, 1.807) is 6.92 Å². The van der Waals surface area contributed by atoms with Crippen LogP contribution in [-0.4, -0.2) is 36.4 Å². The zero-order valence-electron chi connectivity index (χ0n) is 11.3. The molecule has 1 saturated heterocycles. The lowest BCUT2D eigenvalue weighted by Crippen LogP contribution is -2.45. The minimum Gasteiger partial charge on any atom is -0.478 e. The van der Waals surface area contributed by atoms with Crippen LogP contribution >= 0.6 is 0 Å². The van der Waals surface area contributed by atoms with Gasteiger partial charge in [0.1, 0.15) is 17.1 Å². The van der Waals surface area contributed by atoms with Crippen molar-refractivity contribution < 1.29 is 23.8 Å². The molecule has 0 aliphatic carbocycles. The number of carbonyl (C=O) groups excluding carboxylic acids is 1. The molecule has 1 aromatic rings. The quantitative estimate of drug-likeness (QED) is 0.772. The predicted molar refractivity (Wildman–Crippen MR) is 69.6 cm³/mol. The first-order valence-corrected chi connectivity index (χ1v) is 6.51. The topological polar surface area (TPSA) is 101 Å². The average Bonchev–Trinajstić information content (AvgIpc) is 2.79. The molecule has 7 nitrogen and oxygen atoms in total. The summed E-state index contributed by atoms with van der Waals surface area (Å²) in [6.07, 6.45) is 1.83. The van der Waals surface area contributed by atoms with Crippen molar-refractivity contribution in [3.63, 3.8) is 0 Å². The molecule has 3 N–H and O–H groups in total. The van der Waals surface area contributed by atoms with Gasteiger partial charge in [-0.25, -0.2) is 9.59 Å². The average molecular weight is 282 g/mol. The molecule has 2 amide bonds. The summed E-state index contributed by atoms with van der Waals surface area (Å²) in [6.45, 7) is 2.99. The Hall–Kier alpha value is -2.02. The van der Waals surface area contributed by atoms with Crippen LogP contribution in [-0.2, 0) is 11.3 Å². The van der Waals surface area contributed by atoms with Crippen LogP contribution in [0.3, 0.4) is 0 Å². The first kappa shape index (κ1) is 14.4. The van der Waals surface area contributed by atoms with Gasteiger partial charge in [-0.05, 0) is 25.8 Å². The number of aryl methyl sites for hydroxylation is 1. The summed E-state index contributed by atoms with van der Waals surface area (Å²) in [7, 11) is 0. The summed E-state index contributed by atoms with van der Waals surface area (Å²) >= 11 is 0. The number of ether oxygens (including phenoxy) is 1. The normalized spacial score (nSPS) is 18.6. The van der Waals surface area contributed by atoms with Crippen molar-refractivity contribution in [2.24, 2.45) is 0 Å². The molecule has 0 radical (unpaired) electrons. The number of furan rings is 1. The number of urea groups is 1. The van der Waals surface area contributed by atoms with E-state index in [4.69, 9.17) is 14.3 Å². The van der Waals surface area contributed by atoms with Gasteiger partial charge in [0.15, 0.2) is 0 Å². The number of hydrogen-bond donors (Lipinski definition) is 3. The molecule has 20 heavy (non-hydrogen) atoms. The summed E-state index contributed by atoms with van der Waals surface area (Å²) in [5, 5.41) is 14.3. The molecule has 0 saturated carbocycles. The Morgan fingerprint density at radius 2 is 2.30 bits per heavy atom. The molecule has 2 heterocycles. The summed E-state index contributed by atoms with van der Waals surface area (Å²) in [5.74, 6) is -0.299. The largest absolute Gasteiger partial charge is 0.478 e. The van der Waals surface area contributed by atoms with Crippen molar-refractivity contribution in [3.8, 4) is 0 Å². The standard InChI is InChI=1S/C13H18N2O5/c1-8-11(12(16)17)5-10(20-8)6-14-13(18)15-9-3-2-4-19-7-9/h5,9H,2-4,6-7H2,1H3,(H,16,17)(H2,14,15,18). The van der Waals surface area contributed by atoms with Crippen molar-refractivity contribution in [3.05, 3.63) is 23.2 Å². The maximum Gasteiger partial charge on any atom is 0.339 e. The summed E-state index contributed by atoms with van der Waals surface area (Å²) in [4.78, 5) is 22.5. The zero-order chi connectivity index (χ0) is 14.5. The number of rotatable bonds is 4. The Kier molecular flexibility index (Phi) is 4.62. The Morgan fingerprint density at radius 3 is 2.90 bits per heavy atom. The Balaban J connectivity index is 1.80. The molecule has 0 bridgehead atoms. The lowest BCUT2D eigenvalue weighted by Gasteiger charge is -2.23. The third kappa shape index (κ3) is 3.74. The van der Waals surface area contributed by atoms with Gasteiger partial charge in [-0.1, -0.05) is 0 Å². The van der Waals surface area contributed by atoms with Crippen LogP contribution in [0.1, 0.15) is 34.7 Å². The fourth-order valence-corrected chi connectivity index (χ4v) is 2.10. The SMILES string of the molecule is Cc1oc(CNC(=O)NC2CCCOC2)cc1C(=O)O. The highest BCUT2D eigenvalue weighted by Crippen LogP contribution is 2.14. The first-order valence-electron chi connectivity index (χ1n) is 6.51. The molecule has 2 rings (SSSR count). The highest BCUT2D eigenvalue weighted by Gasteiger charge is 2.17. The summed E-state index contributed by atoms with van der Waals surface area (Å²) in [5.41, 5.74) is 0.114. The van der Waals surface area contributed by atoms with E-state index >= 15 is 0 Å². The predicted octanol–water partition coefficient (Wildman–Crippen LogP) is 1.26. The van der Waals surface area contributed by atoms with E-state index in [-0.39, 0.29) is 24.2 Å². The second kappa shape index (κ2) is 6.42. The second-order valence-corrected chi connectivity index (χ2v) is 4.73. The fraction of sp³-hybridized carbons (Fsp3) is 0.538. The van der Waals surface area contributed by atoms with Crippen molar-refractivity contribution in [1.82, 2.24) is 10.6 Å². The van der Waals surface area contributed by atoms with Crippen LogP contribution in [0.15, 0.2) is 10.5 Å². The second-order valence-electron chi connectivity index (χ2n) is 4.73. The lowest BCUT2D eigenvalue weighted by atomic mass is 10.1. The first-order chi connectivity index (χ1) is 9.56. The van der Waals surface area contributed by atoms with E-state index in [1.165, 1.54) is 6.07 Å². The Labute approximate surface area is 116 Å². The van der Waals surface area contributed by atoms with Crippen LogP contribution < -0.4 is 10.6 Å². The molecule has 110 valence electrons. The maximum atomic E-state index is 11.7. The molecular weight excluding hydrogens is 264 g/mol. The number of nitrogens with one attached hydrogen (secondary N) is 2. The van der Waals surface area contributed by atoms with Crippen LogP contribution in [0.25, 0.3) is 0 Å². The van der Waals surface area contributed by atoms with Gasteiger partial charge in [0.25, 0.3) is 0 Å². The van der Waals surface area contributed by atoms with Crippen molar-refractivity contribution >= 4 is 12.0 Å². The highest BCUT2D eigenvalue weighted by molar-refractivity contribution is 5.88. The molecule has 1 aliphatic rings. The summed E-state index contributed by atoms with van der Waals surface area (Å²) < 4.78 is 10.5. The molecule has 1 fully saturated rings. The smallest absolute Gasteiger partial charge is 0.339 e. The fourth-order valence-electron chi connectivity index (χ4n) is 2.10. The molecule has 7 heteroatoms. The maximum absolute atomic E-state index is 11.7. The van der Waals surface area contributed by atoms with E-state index in [0.717, 1.165) is 19.4 Å².